The van der Waals surface area contributed by atoms with E-state index in [1.807, 2.05) is 35.2 Å². The van der Waals surface area contributed by atoms with Crippen molar-refractivity contribution >= 4 is 16.9 Å². The van der Waals surface area contributed by atoms with Crippen LogP contribution in [0.15, 0.2) is 64.0 Å². The van der Waals surface area contributed by atoms with Crippen molar-refractivity contribution in [2.75, 3.05) is 6.61 Å². The molecule has 0 radical (unpaired) electrons. The first-order valence-corrected chi connectivity index (χ1v) is 10.1. The number of benzene rings is 2. The topological polar surface area (TPSA) is 59.8 Å². The first-order valence-electron chi connectivity index (χ1n) is 10.1. The molecule has 2 atom stereocenters. The Kier molecular flexibility index (Phi) is 5.38. The van der Waals surface area contributed by atoms with E-state index in [2.05, 4.69) is 13.8 Å². The van der Waals surface area contributed by atoms with Crippen LogP contribution in [0, 0.1) is 0 Å². The summed E-state index contributed by atoms with van der Waals surface area (Å²) in [7, 11) is 0. The van der Waals surface area contributed by atoms with E-state index in [0.717, 1.165) is 24.8 Å². The van der Waals surface area contributed by atoms with Gasteiger partial charge < -0.3 is 14.1 Å². The van der Waals surface area contributed by atoms with Gasteiger partial charge in [0.05, 0.1) is 10.9 Å². The number of hydrogen-bond donors (Lipinski definition) is 0. The van der Waals surface area contributed by atoms with Crippen molar-refractivity contribution in [2.24, 2.45) is 0 Å². The molecule has 0 saturated carbocycles. The van der Waals surface area contributed by atoms with Crippen LogP contribution in [0.3, 0.4) is 0 Å². The zero-order valence-corrected chi connectivity index (χ0v) is 16.8. The molecule has 1 saturated heterocycles. The zero-order chi connectivity index (χ0) is 20.4. The van der Waals surface area contributed by atoms with Crippen molar-refractivity contribution in [3.8, 4) is 16.9 Å². The number of fused-ring (bicyclic) bond motifs is 1. The highest BCUT2D eigenvalue weighted by Gasteiger charge is 2.29. The lowest BCUT2D eigenvalue weighted by molar-refractivity contribution is -0.139. The summed E-state index contributed by atoms with van der Waals surface area (Å²) in [6.07, 6.45) is 4.69. The zero-order valence-electron chi connectivity index (χ0n) is 16.8. The molecule has 150 valence electrons. The Labute approximate surface area is 169 Å². The van der Waals surface area contributed by atoms with Crippen LogP contribution < -0.4 is 10.2 Å². The number of rotatable bonds is 4. The van der Waals surface area contributed by atoms with E-state index < -0.39 is 0 Å². The minimum absolute atomic E-state index is 0.00863. The van der Waals surface area contributed by atoms with Crippen LogP contribution in [-0.2, 0) is 4.79 Å². The second-order valence-electron chi connectivity index (χ2n) is 7.72. The van der Waals surface area contributed by atoms with Gasteiger partial charge in [0.25, 0.3) is 5.91 Å². The minimum Gasteiger partial charge on any atom is -0.484 e. The van der Waals surface area contributed by atoms with E-state index in [1.54, 1.807) is 18.2 Å². The second-order valence-corrected chi connectivity index (χ2v) is 7.72. The monoisotopic (exact) mass is 391 g/mol. The van der Waals surface area contributed by atoms with E-state index in [4.69, 9.17) is 9.15 Å². The van der Waals surface area contributed by atoms with Gasteiger partial charge in [0, 0.05) is 18.2 Å². The number of likely N-dealkylation sites (tertiary alicyclic amines) is 1. The first-order chi connectivity index (χ1) is 14.0. The fourth-order valence-corrected chi connectivity index (χ4v) is 4.15. The smallest absolute Gasteiger partial charge is 0.260 e. The predicted octanol–water partition coefficient (Wildman–Crippen LogP) is 4.63. The van der Waals surface area contributed by atoms with Crippen molar-refractivity contribution in [3.05, 3.63) is 65.0 Å². The van der Waals surface area contributed by atoms with Gasteiger partial charge in [-0.1, -0.05) is 30.3 Å². The molecule has 3 aromatic rings. The van der Waals surface area contributed by atoms with Gasteiger partial charge in [0.15, 0.2) is 12.0 Å². The summed E-state index contributed by atoms with van der Waals surface area (Å²) in [5.41, 5.74) is 1.70. The highest BCUT2D eigenvalue weighted by molar-refractivity contribution is 5.83. The Bertz CT molecular complexity index is 1060. The number of hydrogen-bond acceptors (Lipinski definition) is 4. The second kappa shape index (κ2) is 8.11. The summed E-state index contributed by atoms with van der Waals surface area (Å²) in [5.74, 6) is 0.504. The van der Waals surface area contributed by atoms with Crippen LogP contribution in [0.5, 0.6) is 5.75 Å². The molecule has 0 unspecified atom stereocenters. The summed E-state index contributed by atoms with van der Waals surface area (Å²) < 4.78 is 11.4. The lowest BCUT2D eigenvalue weighted by atomic mass is 9.97. The third-order valence-corrected chi connectivity index (χ3v) is 5.67. The third kappa shape index (κ3) is 3.90. The van der Waals surface area contributed by atoms with Crippen molar-refractivity contribution in [3.63, 3.8) is 0 Å². The average Bonchev–Trinajstić information content (AvgIpc) is 2.73. The fraction of sp³-hybridized carbons (Fsp3) is 0.333. The molecule has 0 spiro atoms. The van der Waals surface area contributed by atoms with Crippen LogP contribution in [0.4, 0.5) is 0 Å². The van der Waals surface area contributed by atoms with Crippen LogP contribution in [0.25, 0.3) is 22.1 Å². The van der Waals surface area contributed by atoms with Crippen molar-refractivity contribution in [2.45, 2.75) is 45.2 Å². The summed E-state index contributed by atoms with van der Waals surface area (Å²) in [6, 6.07) is 15.0. The maximum Gasteiger partial charge on any atom is 0.260 e. The molecule has 4 rings (SSSR count). The van der Waals surface area contributed by atoms with Crippen LogP contribution >= 0.6 is 0 Å². The molecule has 2 heterocycles. The Morgan fingerprint density at radius 1 is 1.10 bits per heavy atom. The molecule has 1 aliphatic heterocycles. The summed E-state index contributed by atoms with van der Waals surface area (Å²) in [5, 5.41) is 0.489. The molecule has 29 heavy (non-hydrogen) atoms. The van der Waals surface area contributed by atoms with Gasteiger partial charge in [-0.05, 0) is 50.8 Å². The molecule has 2 aromatic carbocycles. The molecular weight excluding hydrogens is 366 g/mol. The number of nitrogens with zero attached hydrogens (tertiary/aromatic N) is 1. The highest BCUT2D eigenvalue weighted by Crippen LogP contribution is 2.25. The summed E-state index contributed by atoms with van der Waals surface area (Å²) >= 11 is 0. The van der Waals surface area contributed by atoms with Crippen molar-refractivity contribution < 1.29 is 13.9 Å². The Morgan fingerprint density at radius 3 is 2.55 bits per heavy atom. The van der Waals surface area contributed by atoms with Gasteiger partial charge in [-0.15, -0.1) is 0 Å². The molecular formula is C24H25NO4. The van der Waals surface area contributed by atoms with Gasteiger partial charge in [-0.2, -0.15) is 0 Å². The van der Waals surface area contributed by atoms with Gasteiger partial charge >= 0.3 is 0 Å². The third-order valence-electron chi connectivity index (χ3n) is 5.67. The van der Waals surface area contributed by atoms with Crippen LogP contribution in [0.1, 0.15) is 33.1 Å². The largest absolute Gasteiger partial charge is 0.484 e. The Hall–Kier alpha value is -3.08. The molecule has 1 amide bonds. The maximum absolute atomic E-state index is 12.8. The standard InChI is InChI=1S/C24H25NO4/c1-16-7-6-8-17(2)25(16)23(26)15-28-19-11-12-20-22(13-19)29-14-21(24(20)27)18-9-4-3-5-10-18/h3-5,9-14,16-17H,6-8,15H2,1-2H3/t16-,17-/m1/s1. The van der Waals surface area contributed by atoms with Gasteiger partial charge in [0.2, 0.25) is 0 Å². The lowest BCUT2D eigenvalue weighted by Gasteiger charge is -2.38. The van der Waals surface area contributed by atoms with Gasteiger partial charge in [-0.3, -0.25) is 9.59 Å². The molecule has 0 bridgehead atoms. The van der Waals surface area contributed by atoms with E-state index in [9.17, 15) is 9.59 Å². The van der Waals surface area contributed by atoms with Crippen molar-refractivity contribution in [1.82, 2.24) is 4.90 Å². The highest BCUT2D eigenvalue weighted by atomic mass is 16.5. The van der Waals surface area contributed by atoms with Crippen LogP contribution in [0.2, 0.25) is 0 Å². The number of amides is 1. The van der Waals surface area contributed by atoms with Gasteiger partial charge in [-0.25, -0.2) is 0 Å². The molecule has 1 fully saturated rings. The fourth-order valence-electron chi connectivity index (χ4n) is 4.15. The van der Waals surface area contributed by atoms with Crippen molar-refractivity contribution in [1.29, 1.82) is 0 Å². The first kappa shape index (κ1) is 19.2. The molecule has 1 aromatic heterocycles. The SMILES string of the molecule is C[C@@H]1CCC[C@@H](C)N1C(=O)COc1ccc2c(=O)c(-c3ccccc3)coc2c1. The van der Waals surface area contributed by atoms with E-state index in [0.29, 0.717) is 22.3 Å². The number of ether oxygens (including phenoxy) is 1. The number of piperidine rings is 1. The normalized spacial score (nSPS) is 19.3. The molecule has 1 aliphatic rings. The van der Waals surface area contributed by atoms with E-state index in [-0.39, 0.29) is 30.0 Å². The summed E-state index contributed by atoms with van der Waals surface area (Å²) in [6.45, 7) is 4.15. The quantitative estimate of drug-likeness (QED) is 0.651. The number of carbonyl (C=O) groups excluding carboxylic acids is 1. The number of carbonyl (C=O) groups is 1. The average molecular weight is 391 g/mol. The lowest BCUT2D eigenvalue weighted by Crippen LogP contribution is -2.49. The minimum atomic E-state index is -0.0870. The molecule has 0 aliphatic carbocycles. The van der Waals surface area contributed by atoms with E-state index in [1.165, 1.54) is 6.26 Å². The molecule has 5 heteroatoms. The predicted molar refractivity (Wildman–Crippen MR) is 113 cm³/mol. The summed E-state index contributed by atoms with van der Waals surface area (Å²) in [4.78, 5) is 27.4. The Morgan fingerprint density at radius 2 is 1.83 bits per heavy atom. The van der Waals surface area contributed by atoms with Gasteiger partial charge in [0.1, 0.15) is 17.6 Å². The molecule has 0 N–H and O–H groups in total. The Balaban J connectivity index is 1.52. The van der Waals surface area contributed by atoms with Crippen LogP contribution in [-0.4, -0.2) is 29.5 Å². The van der Waals surface area contributed by atoms with E-state index >= 15 is 0 Å². The molecule has 5 nitrogen and oxygen atoms in total. The maximum atomic E-state index is 12.8.